The fourth-order valence-electron chi connectivity index (χ4n) is 2.68. The van der Waals surface area contributed by atoms with Crippen molar-refractivity contribution in [2.75, 3.05) is 13.2 Å². The first-order chi connectivity index (χ1) is 11.3. The summed E-state index contributed by atoms with van der Waals surface area (Å²) in [5.41, 5.74) is 2.13. The Bertz CT molecular complexity index is 609. The molecule has 1 N–H and O–H groups in total. The van der Waals surface area contributed by atoms with Gasteiger partial charge in [0.2, 0.25) is 0 Å². The minimum atomic E-state index is -0.229. The van der Waals surface area contributed by atoms with E-state index >= 15 is 0 Å². The zero-order chi connectivity index (χ0) is 15.9. The molecule has 0 bridgehead atoms. The van der Waals surface area contributed by atoms with Crippen LogP contribution in [0.15, 0.2) is 48.5 Å². The first kappa shape index (κ1) is 16.0. The van der Waals surface area contributed by atoms with Gasteiger partial charge in [0.1, 0.15) is 18.2 Å². The van der Waals surface area contributed by atoms with Gasteiger partial charge < -0.3 is 14.8 Å². The zero-order valence-corrected chi connectivity index (χ0v) is 13.1. The minimum Gasteiger partial charge on any atom is -0.489 e. The molecule has 0 saturated carbocycles. The SMILES string of the molecule is Fc1ccc(COc2cccc(CNC[C@H]3CCCO3)c2)cc1. The zero-order valence-electron chi connectivity index (χ0n) is 13.1. The molecule has 2 aromatic carbocycles. The Morgan fingerprint density at radius 1 is 1.13 bits per heavy atom. The average molecular weight is 315 g/mol. The Hall–Kier alpha value is -1.91. The number of hydrogen-bond donors (Lipinski definition) is 1. The van der Waals surface area contributed by atoms with Gasteiger partial charge in [0.05, 0.1) is 6.10 Å². The van der Waals surface area contributed by atoms with Gasteiger partial charge in [-0.1, -0.05) is 24.3 Å². The van der Waals surface area contributed by atoms with Gasteiger partial charge in [0, 0.05) is 19.7 Å². The molecule has 1 fully saturated rings. The average Bonchev–Trinajstić information content (AvgIpc) is 3.08. The third kappa shape index (κ3) is 5.05. The van der Waals surface area contributed by atoms with Gasteiger partial charge in [-0.25, -0.2) is 4.39 Å². The van der Waals surface area contributed by atoms with Gasteiger partial charge in [0.15, 0.2) is 0 Å². The third-order valence-corrected chi connectivity index (χ3v) is 3.94. The normalized spacial score (nSPS) is 17.3. The summed E-state index contributed by atoms with van der Waals surface area (Å²) in [4.78, 5) is 0. The van der Waals surface area contributed by atoms with E-state index in [1.54, 1.807) is 12.1 Å². The molecule has 1 aliphatic heterocycles. The molecule has 1 saturated heterocycles. The van der Waals surface area contributed by atoms with Gasteiger partial charge in [-0.05, 0) is 48.2 Å². The summed E-state index contributed by atoms with van der Waals surface area (Å²) in [5.74, 6) is 0.596. The second kappa shape index (κ2) is 8.09. The van der Waals surface area contributed by atoms with E-state index in [0.29, 0.717) is 12.7 Å². The van der Waals surface area contributed by atoms with Crippen LogP contribution in [0.1, 0.15) is 24.0 Å². The molecule has 0 amide bonds. The summed E-state index contributed by atoms with van der Waals surface area (Å²) in [6.45, 7) is 3.01. The van der Waals surface area contributed by atoms with Crippen LogP contribution in [0.25, 0.3) is 0 Å². The first-order valence-electron chi connectivity index (χ1n) is 8.08. The Morgan fingerprint density at radius 3 is 2.78 bits per heavy atom. The topological polar surface area (TPSA) is 30.5 Å². The molecule has 0 radical (unpaired) electrons. The van der Waals surface area contributed by atoms with Gasteiger partial charge in [-0.3, -0.25) is 0 Å². The molecule has 4 heteroatoms. The quantitative estimate of drug-likeness (QED) is 0.845. The monoisotopic (exact) mass is 315 g/mol. The number of rotatable bonds is 7. The second-order valence-corrected chi connectivity index (χ2v) is 5.83. The van der Waals surface area contributed by atoms with E-state index in [0.717, 1.165) is 37.4 Å². The van der Waals surface area contributed by atoms with Crippen LogP contribution in [0.2, 0.25) is 0 Å². The van der Waals surface area contributed by atoms with Crippen LogP contribution in [0.5, 0.6) is 5.75 Å². The predicted octanol–water partition coefficient (Wildman–Crippen LogP) is 3.67. The van der Waals surface area contributed by atoms with Crippen molar-refractivity contribution in [2.45, 2.75) is 32.1 Å². The van der Waals surface area contributed by atoms with E-state index in [2.05, 4.69) is 11.4 Å². The number of halogens is 1. The lowest BCUT2D eigenvalue weighted by Crippen LogP contribution is -2.25. The Labute approximate surface area is 136 Å². The van der Waals surface area contributed by atoms with E-state index in [9.17, 15) is 4.39 Å². The summed E-state index contributed by atoms with van der Waals surface area (Å²) in [6, 6.07) is 14.4. The molecule has 1 atom stereocenters. The van der Waals surface area contributed by atoms with Gasteiger partial charge in [-0.2, -0.15) is 0 Å². The maximum atomic E-state index is 12.9. The summed E-state index contributed by atoms with van der Waals surface area (Å²) in [6.07, 6.45) is 2.67. The van der Waals surface area contributed by atoms with Crippen LogP contribution >= 0.6 is 0 Å². The highest BCUT2D eigenvalue weighted by Crippen LogP contribution is 2.16. The van der Waals surface area contributed by atoms with E-state index in [4.69, 9.17) is 9.47 Å². The molecule has 1 aliphatic rings. The summed E-state index contributed by atoms with van der Waals surface area (Å²) in [7, 11) is 0. The van der Waals surface area contributed by atoms with Crippen molar-refractivity contribution in [3.8, 4) is 5.75 Å². The lowest BCUT2D eigenvalue weighted by atomic mass is 10.2. The van der Waals surface area contributed by atoms with Crippen LogP contribution in [0.3, 0.4) is 0 Å². The second-order valence-electron chi connectivity index (χ2n) is 5.83. The number of ether oxygens (including phenoxy) is 2. The van der Waals surface area contributed by atoms with Crippen LogP contribution < -0.4 is 10.1 Å². The molecule has 0 unspecified atom stereocenters. The lowest BCUT2D eigenvalue weighted by molar-refractivity contribution is 0.110. The Morgan fingerprint density at radius 2 is 2.00 bits per heavy atom. The fourth-order valence-corrected chi connectivity index (χ4v) is 2.68. The lowest BCUT2D eigenvalue weighted by Gasteiger charge is -2.12. The van der Waals surface area contributed by atoms with Crippen molar-refractivity contribution in [1.29, 1.82) is 0 Å². The Kier molecular flexibility index (Phi) is 5.61. The molecule has 1 heterocycles. The van der Waals surface area contributed by atoms with Crippen LogP contribution in [-0.4, -0.2) is 19.3 Å². The molecule has 2 aromatic rings. The number of benzene rings is 2. The first-order valence-corrected chi connectivity index (χ1v) is 8.08. The largest absolute Gasteiger partial charge is 0.489 e. The summed E-state index contributed by atoms with van der Waals surface area (Å²) >= 11 is 0. The summed E-state index contributed by atoms with van der Waals surface area (Å²) in [5, 5.41) is 3.43. The van der Waals surface area contributed by atoms with Crippen molar-refractivity contribution in [2.24, 2.45) is 0 Å². The molecular formula is C19H22FNO2. The summed E-state index contributed by atoms with van der Waals surface area (Å²) < 4.78 is 24.3. The minimum absolute atomic E-state index is 0.229. The van der Waals surface area contributed by atoms with E-state index in [1.807, 2.05) is 18.2 Å². The highest BCUT2D eigenvalue weighted by atomic mass is 19.1. The fraction of sp³-hybridized carbons (Fsp3) is 0.368. The highest BCUT2D eigenvalue weighted by Gasteiger charge is 2.14. The van der Waals surface area contributed by atoms with E-state index in [1.165, 1.54) is 24.1 Å². The van der Waals surface area contributed by atoms with Crippen molar-refractivity contribution in [1.82, 2.24) is 5.32 Å². The third-order valence-electron chi connectivity index (χ3n) is 3.94. The van der Waals surface area contributed by atoms with Crippen molar-refractivity contribution in [3.63, 3.8) is 0 Å². The molecule has 3 rings (SSSR count). The molecule has 23 heavy (non-hydrogen) atoms. The van der Waals surface area contributed by atoms with Crippen molar-refractivity contribution >= 4 is 0 Å². The molecule has 0 aromatic heterocycles. The molecular weight excluding hydrogens is 293 g/mol. The van der Waals surface area contributed by atoms with Crippen molar-refractivity contribution < 1.29 is 13.9 Å². The van der Waals surface area contributed by atoms with Gasteiger partial charge in [0.25, 0.3) is 0 Å². The van der Waals surface area contributed by atoms with Gasteiger partial charge >= 0.3 is 0 Å². The standard InChI is InChI=1S/C19H22FNO2/c20-17-8-6-15(7-9-17)14-23-18-4-1-3-16(11-18)12-21-13-19-5-2-10-22-19/h1,3-4,6-9,11,19,21H,2,5,10,12-14H2/t19-/m1/s1. The molecule has 0 aliphatic carbocycles. The molecule has 122 valence electrons. The van der Waals surface area contributed by atoms with Crippen LogP contribution in [0, 0.1) is 5.82 Å². The smallest absolute Gasteiger partial charge is 0.123 e. The maximum absolute atomic E-state index is 12.9. The van der Waals surface area contributed by atoms with Crippen molar-refractivity contribution in [3.05, 3.63) is 65.5 Å². The number of nitrogens with one attached hydrogen (secondary N) is 1. The predicted molar refractivity (Wildman–Crippen MR) is 87.9 cm³/mol. The van der Waals surface area contributed by atoms with E-state index in [-0.39, 0.29) is 5.82 Å². The van der Waals surface area contributed by atoms with Gasteiger partial charge in [-0.15, -0.1) is 0 Å². The number of hydrogen-bond acceptors (Lipinski definition) is 3. The molecule has 0 spiro atoms. The van der Waals surface area contributed by atoms with Crippen LogP contribution in [0.4, 0.5) is 4.39 Å². The Balaban J connectivity index is 1.47. The van der Waals surface area contributed by atoms with E-state index < -0.39 is 0 Å². The maximum Gasteiger partial charge on any atom is 0.123 e. The van der Waals surface area contributed by atoms with Crippen LogP contribution in [-0.2, 0) is 17.9 Å². The highest BCUT2D eigenvalue weighted by molar-refractivity contribution is 5.29. The molecule has 3 nitrogen and oxygen atoms in total.